The molecule has 6 nitrogen and oxygen atoms in total. The summed E-state index contributed by atoms with van der Waals surface area (Å²) in [6, 6.07) is 5.59. The number of rotatable bonds is 3. The number of hydrazone groups is 1. The molecule has 0 radical (unpaired) electrons. The minimum absolute atomic E-state index is 0.101. The maximum atomic E-state index is 11.7. The van der Waals surface area contributed by atoms with E-state index in [1.165, 1.54) is 24.3 Å². The smallest absolute Gasteiger partial charge is 0.267 e. The maximum absolute atomic E-state index is 11.7. The highest BCUT2D eigenvalue weighted by Crippen LogP contribution is 2.15. The van der Waals surface area contributed by atoms with Crippen molar-refractivity contribution in [3.63, 3.8) is 0 Å². The topological polar surface area (TPSA) is 84.6 Å². The van der Waals surface area contributed by atoms with E-state index in [1.807, 2.05) is 0 Å². The summed E-state index contributed by atoms with van der Waals surface area (Å²) in [7, 11) is 0. The molecule has 1 aliphatic rings. The highest BCUT2D eigenvalue weighted by molar-refractivity contribution is 5.96. The predicted octanol–water partition coefficient (Wildman–Crippen LogP) is 2.25. The van der Waals surface area contributed by atoms with E-state index >= 15 is 0 Å². The number of hydrogen-bond donors (Lipinski definition) is 1. The van der Waals surface area contributed by atoms with Crippen LogP contribution in [0.25, 0.3) is 0 Å². The van der Waals surface area contributed by atoms with E-state index in [1.54, 1.807) is 0 Å². The summed E-state index contributed by atoms with van der Waals surface area (Å²) in [5, 5.41) is 14.6. The van der Waals surface area contributed by atoms with Gasteiger partial charge in [0.15, 0.2) is 0 Å². The molecule has 0 unspecified atom stereocenters. The lowest BCUT2D eigenvalue weighted by Crippen LogP contribution is -2.19. The van der Waals surface area contributed by atoms with Crippen molar-refractivity contribution in [2.75, 3.05) is 0 Å². The van der Waals surface area contributed by atoms with Crippen LogP contribution in [0.1, 0.15) is 36.0 Å². The lowest BCUT2D eigenvalue weighted by atomic mass is 10.2. The molecule has 0 bridgehead atoms. The molecule has 1 aliphatic carbocycles. The predicted molar refractivity (Wildman–Crippen MR) is 66.5 cm³/mol. The van der Waals surface area contributed by atoms with Crippen LogP contribution in [0, 0.1) is 10.1 Å². The van der Waals surface area contributed by atoms with Crippen LogP contribution in [0.4, 0.5) is 5.69 Å². The number of nitrogens with zero attached hydrogens (tertiary/aromatic N) is 2. The molecule has 0 spiro atoms. The van der Waals surface area contributed by atoms with Gasteiger partial charge in [-0.05, 0) is 31.7 Å². The Morgan fingerprint density at radius 2 is 2.06 bits per heavy atom. The van der Waals surface area contributed by atoms with Crippen LogP contribution in [0.15, 0.2) is 29.4 Å². The third-order valence-electron chi connectivity index (χ3n) is 2.82. The van der Waals surface area contributed by atoms with Crippen molar-refractivity contribution < 1.29 is 9.72 Å². The van der Waals surface area contributed by atoms with Crippen LogP contribution < -0.4 is 5.43 Å². The Morgan fingerprint density at radius 3 is 2.72 bits per heavy atom. The van der Waals surface area contributed by atoms with Crippen molar-refractivity contribution in [1.82, 2.24) is 5.43 Å². The largest absolute Gasteiger partial charge is 0.271 e. The SMILES string of the molecule is O=C(NN=C1CCCC1)c1cccc([N+](=O)[O-])c1. The van der Waals surface area contributed by atoms with E-state index in [0.29, 0.717) is 0 Å². The van der Waals surface area contributed by atoms with E-state index in [0.717, 1.165) is 31.4 Å². The minimum Gasteiger partial charge on any atom is -0.267 e. The van der Waals surface area contributed by atoms with Gasteiger partial charge in [-0.25, -0.2) is 5.43 Å². The molecule has 6 heteroatoms. The molecule has 0 heterocycles. The van der Waals surface area contributed by atoms with Crippen molar-refractivity contribution in [2.45, 2.75) is 25.7 Å². The van der Waals surface area contributed by atoms with Gasteiger partial charge in [-0.3, -0.25) is 14.9 Å². The second-order valence-corrected chi connectivity index (χ2v) is 4.13. The van der Waals surface area contributed by atoms with Gasteiger partial charge in [0.1, 0.15) is 0 Å². The molecule has 94 valence electrons. The molecule has 1 saturated carbocycles. The van der Waals surface area contributed by atoms with Gasteiger partial charge in [-0.1, -0.05) is 6.07 Å². The number of non-ortho nitro benzene ring substituents is 1. The van der Waals surface area contributed by atoms with Crippen LogP contribution in [0.2, 0.25) is 0 Å². The highest BCUT2D eigenvalue weighted by atomic mass is 16.6. The van der Waals surface area contributed by atoms with Crippen LogP contribution in [-0.2, 0) is 0 Å². The van der Waals surface area contributed by atoms with Gasteiger partial charge in [0, 0.05) is 23.4 Å². The number of amides is 1. The average Bonchev–Trinajstić information content (AvgIpc) is 2.89. The first kappa shape index (κ1) is 12.2. The summed E-state index contributed by atoms with van der Waals surface area (Å²) in [5.74, 6) is -0.418. The molecule has 0 saturated heterocycles. The maximum Gasteiger partial charge on any atom is 0.271 e. The van der Waals surface area contributed by atoms with Crippen molar-refractivity contribution >= 4 is 17.3 Å². The minimum atomic E-state index is -0.528. The molecule has 0 aliphatic heterocycles. The molecule has 1 fully saturated rings. The van der Waals surface area contributed by atoms with Crippen LogP contribution in [0.3, 0.4) is 0 Å². The van der Waals surface area contributed by atoms with Gasteiger partial charge >= 0.3 is 0 Å². The highest BCUT2D eigenvalue weighted by Gasteiger charge is 2.12. The zero-order valence-corrected chi connectivity index (χ0v) is 9.76. The number of carbonyl (C=O) groups is 1. The normalized spacial score (nSPS) is 14.3. The summed E-state index contributed by atoms with van der Waals surface area (Å²) in [6.07, 6.45) is 4.03. The van der Waals surface area contributed by atoms with E-state index in [4.69, 9.17) is 0 Å². The number of hydrogen-bond acceptors (Lipinski definition) is 4. The van der Waals surface area contributed by atoms with Crippen LogP contribution in [-0.4, -0.2) is 16.5 Å². The van der Waals surface area contributed by atoms with Gasteiger partial charge in [-0.15, -0.1) is 0 Å². The van der Waals surface area contributed by atoms with Crippen LogP contribution in [0.5, 0.6) is 0 Å². The fraction of sp³-hybridized carbons (Fsp3) is 0.333. The van der Waals surface area contributed by atoms with Crippen LogP contribution >= 0.6 is 0 Å². The van der Waals surface area contributed by atoms with Crippen molar-refractivity contribution in [1.29, 1.82) is 0 Å². The summed E-state index contributed by atoms with van der Waals surface area (Å²) in [5.41, 5.74) is 3.56. The average molecular weight is 247 g/mol. The first-order valence-electron chi connectivity index (χ1n) is 5.77. The Kier molecular flexibility index (Phi) is 3.66. The Labute approximate surface area is 104 Å². The van der Waals surface area contributed by atoms with Gasteiger partial charge < -0.3 is 0 Å². The lowest BCUT2D eigenvalue weighted by molar-refractivity contribution is -0.384. The fourth-order valence-corrected chi connectivity index (χ4v) is 1.85. The summed E-state index contributed by atoms with van der Waals surface area (Å²) < 4.78 is 0. The van der Waals surface area contributed by atoms with Gasteiger partial charge in [0.2, 0.25) is 0 Å². The number of carbonyl (C=O) groups excluding carboxylic acids is 1. The van der Waals surface area contributed by atoms with Crippen molar-refractivity contribution in [2.24, 2.45) is 5.10 Å². The second kappa shape index (κ2) is 5.39. The summed E-state index contributed by atoms with van der Waals surface area (Å²) >= 11 is 0. The molecule has 1 aromatic carbocycles. The first-order valence-corrected chi connectivity index (χ1v) is 5.77. The Morgan fingerprint density at radius 1 is 1.33 bits per heavy atom. The molecule has 18 heavy (non-hydrogen) atoms. The van der Waals surface area contributed by atoms with E-state index in [2.05, 4.69) is 10.5 Å². The van der Waals surface area contributed by atoms with Crippen molar-refractivity contribution in [3.8, 4) is 0 Å². The molecular weight excluding hydrogens is 234 g/mol. The van der Waals surface area contributed by atoms with E-state index < -0.39 is 10.8 Å². The Hall–Kier alpha value is -2.24. The first-order chi connectivity index (χ1) is 8.66. The summed E-state index contributed by atoms with van der Waals surface area (Å²) in [6.45, 7) is 0. The molecule has 0 aromatic heterocycles. The third kappa shape index (κ3) is 2.91. The number of nitro benzene ring substituents is 1. The quantitative estimate of drug-likeness (QED) is 0.656. The number of benzene rings is 1. The lowest BCUT2D eigenvalue weighted by Gasteiger charge is -2.01. The van der Waals surface area contributed by atoms with Gasteiger partial charge in [-0.2, -0.15) is 5.10 Å². The van der Waals surface area contributed by atoms with Crippen molar-refractivity contribution in [3.05, 3.63) is 39.9 Å². The zero-order chi connectivity index (χ0) is 13.0. The second-order valence-electron chi connectivity index (χ2n) is 4.13. The third-order valence-corrected chi connectivity index (χ3v) is 2.82. The van der Waals surface area contributed by atoms with E-state index in [-0.39, 0.29) is 11.3 Å². The number of nitro groups is 1. The summed E-state index contributed by atoms with van der Waals surface area (Å²) in [4.78, 5) is 21.8. The molecular formula is C12H13N3O3. The monoisotopic (exact) mass is 247 g/mol. The molecule has 1 aromatic rings. The zero-order valence-electron chi connectivity index (χ0n) is 9.76. The Bertz CT molecular complexity index is 503. The molecule has 0 atom stereocenters. The van der Waals surface area contributed by atoms with E-state index in [9.17, 15) is 14.9 Å². The van der Waals surface area contributed by atoms with Gasteiger partial charge in [0.05, 0.1) is 4.92 Å². The standard InChI is InChI=1S/C12H13N3O3/c16-12(14-13-10-5-1-2-6-10)9-4-3-7-11(8-9)15(17)18/h3-4,7-8H,1-2,5-6H2,(H,14,16). The fourth-order valence-electron chi connectivity index (χ4n) is 1.85. The molecule has 2 rings (SSSR count). The Balaban J connectivity index is 2.06. The van der Waals surface area contributed by atoms with Gasteiger partial charge in [0.25, 0.3) is 11.6 Å². The molecule has 1 amide bonds. The number of nitrogens with one attached hydrogen (secondary N) is 1. The molecule has 1 N–H and O–H groups in total.